The summed E-state index contributed by atoms with van der Waals surface area (Å²) in [5, 5.41) is 14.0. The molecule has 2 atom stereocenters. The van der Waals surface area contributed by atoms with Crippen LogP contribution in [-0.4, -0.2) is 63.9 Å². The van der Waals surface area contributed by atoms with Gasteiger partial charge in [0.2, 0.25) is 0 Å². The minimum absolute atomic E-state index is 0.125. The van der Waals surface area contributed by atoms with E-state index in [4.69, 9.17) is 9.47 Å². The highest BCUT2D eigenvalue weighted by molar-refractivity contribution is 5.93. The molecule has 3 N–H and O–H groups in total. The Labute approximate surface area is 214 Å². The smallest absolute Gasteiger partial charge is 0.252 e. The Morgan fingerprint density at radius 3 is 2.68 bits per heavy atom. The summed E-state index contributed by atoms with van der Waals surface area (Å²) in [6.07, 6.45) is 7.26. The van der Waals surface area contributed by atoms with Gasteiger partial charge in [-0.15, -0.1) is 0 Å². The molecular formula is C27H29N7O3. The predicted octanol–water partition coefficient (Wildman–Crippen LogP) is 3.10. The highest BCUT2D eigenvalue weighted by atomic mass is 16.5. The minimum Gasteiger partial charge on any atom is -0.488 e. The number of hydrogen-bond acceptors (Lipinski definition) is 8. The molecule has 10 heteroatoms. The molecule has 0 aliphatic carbocycles. The van der Waals surface area contributed by atoms with E-state index >= 15 is 0 Å². The van der Waals surface area contributed by atoms with Gasteiger partial charge in [0.25, 0.3) is 5.91 Å². The van der Waals surface area contributed by atoms with Crippen molar-refractivity contribution in [2.75, 3.05) is 25.6 Å². The fourth-order valence-electron chi connectivity index (χ4n) is 5.03. The molecule has 0 spiro atoms. The first-order valence-electron chi connectivity index (χ1n) is 12.5. The van der Waals surface area contributed by atoms with Gasteiger partial charge in [-0.3, -0.25) is 9.78 Å². The number of nitrogens with zero attached hydrogens (tertiary/aromatic N) is 4. The Bertz CT molecular complexity index is 1420. The number of nitrogens with one attached hydrogen (secondary N) is 3. The van der Waals surface area contributed by atoms with E-state index in [-0.39, 0.29) is 12.0 Å². The van der Waals surface area contributed by atoms with Gasteiger partial charge >= 0.3 is 0 Å². The van der Waals surface area contributed by atoms with Gasteiger partial charge in [-0.25, -0.2) is 9.50 Å². The number of amides is 1. The summed E-state index contributed by atoms with van der Waals surface area (Å²) < 4.78 is 14.0. The molecule has 0 aromatic carbocycles. The number of anilines is 2. The lowest BCUT2D eigenvalue weighted by molar-refractivity contribution is -0.0122. The van der Waals surface area contributed by atoms with Crippen molar-refractivity contribution in [1.29, 1.82) is 0 Å². The maximum atomic E-state index is 11.7. The first kappa shape index (κ1) is 23.4. The van der Waals surface area contributed by atoms with Gasteiger partial charge in [-0.2, -0.15) is 5.10 Å². The largest absolute Gasteiger partial charge is 0.488 e. The van der Waals surface area contributed by atoms with Crippen molar-refractivity contribution >= 4 is 23.1 Å². The summed E-state index contributed by atoms with van der Waals surface area (Å²) in [6.45, 7) is 3.45. The van der Waals surface area contributed by atoms with Crippen LogP contribution in [-0.2, 0) is 4.74 Å². The molecule has 37 heavy (non-hydrogen) atoms. The predicted molar refractivity (Wildman–Crippen MR) is 139 cm³/mol. The van der Waals surface area contributed by atoms with Crippen LogP contribution in [0.5, 0.6) is 5.75 Å². The number of fused-ring (bicyclic) bond motifs is 3. The standard InChI is InChI=1S/C27H29N7O3/c1-16-7-23(24(13-29-16)37-22-9-19-14-36-15-20(10-22)31-19)17-5-6-34-21(8-17)11-26(33-34)32-25-4-3-18(12-30-25)27(35)28-2/h3-8,11-13,19-20,22,31H,9-10,14-15H2,1-2H3,(H,28,35)(H,30,32,33). The van der Waals surface area contributed by atoms with Crippen LogP contribution in [0, 0.1) is 6.92 Å². The Balaban J connectivity index is 1.24. The van der Waals surface area contributed by atoms with E-state index in [1.54, 1.807) is 19.2 Å². The van der Waals surface area contributed by atoms with Crippen LogP contribution in [0.4, 0.5) is 11.6 Å². The third-order valence-electron chi connectivity index (χ3n) is 6.79. The number of aryl methyl sites for hydroxylation is 1. The summed E-state index contributed by atoms with van der Waals surface area (Å²) in [6, 6.07) is 12.3. The first-order valence-corrected chi connectivity index (χ1v) is 12.5. The minimum atomic E-state index is -0.175. The lowest BCUT2D eigenvalue weighted by atomic mass is 9.94. The van der Waals surface area contributed by atoms with Crippen molar-refractivity contribution in [3.05, 3.63) is 66.2 Å². The van der Waals surface area contributed by atoms with Gasteiger partial charge in [-0.05, 0) is 42.8 Å². The second-order valence-electron chi connectivity index (χ2n) is 9.58. The molecule has 4 aromatic heterocycles. The van der Waals surface area contributed by atoms with Gasteiger partial charge in [0.05, 0.1) is 30.5 Å². The second-order valence-corrected chi connectivity index (χ2v) is 9.58. The summed E-state index contributed by atoms with van der Waals surface area (Å²) in [5.74, 6) is 1.88. The van der Waals surface area contributed by atoms with E-state index in [9.17, 15) is 4.79 Å². The zero-order chi connectivity index (χ0) is 25.4. The molecule has 6 rings (SSSR count). The Hall–Kier alpha value is -4.02. The summed E-state index contributed by atoms with van der Waals surface area (Å²) in [7, 11) is 1.59. The van der Waals surface area contributed by atoms with Crippen molar-refractivity contribution in [2.24, 2.45) is 0 Å². The summed E-state index contributed by atoms with van der Waals surface area (Å²) >= 11 is 0. The molecule has 2 bridgehead atoms. The molecule has 0 saturated carbocycles. The van der Waals surface area contributed by atoms with Crippen LogP contribution >= 0.6 is 0 Å². The summed E-state index contributed by atoms with van der Waals surface area (Å²) in [5.41, 5.74) is 4.40. The Kier molecular flexibility index (Phi) is 6.19. The zero-order valence-corrected chi connectivity index (χ0v) is 20.8. The lowest BCUT2D eigenvalue weighted by Crippen LogP contribution is -2.56. The van der Waals surface area contributed by atoms with Crippen LogP contribution in [0.25, 0.3) is 16.6 Å². The molecule has 0 radical (unpaired) electrons. The highest BCUT2D eigenvalue weighted by Gasteiger charge is 2.33. The Morgan fingerprint density at radius 1 is 1.08 bits per heavy atom. The van der Waals surface area contributed by atoms with Crippen LogP contribution in [0.3, 0.4) is 0 Å². The molecule has 10 nitrogen and oxygen atoms in total. The van der Waals surface area contributed by atoms with Crippen LogP contribution in [0.2, 0.25) is 0 Å². The second kappa shape index (κ2) is 9.79. The molecule has 1 amide bonds. The highest BCUT2D eigenvalue weighted by Crippen LogP contribution is 2.34. The average Bonchev–Trinajstić information content (AvgIpc) is 3.31. The molecule has 2 aliphatic heterocycles. The van der Waals surface area contributed by atoms with Crippen molar-refractivity contribution in [2.45, 2.75) is 38.0 Å². The molecular weight excluding hydrogens is 470 g/mol. The van der Waals surface area contributed by atoms with Crippen molar-refractivity contribution in [3.63, 3.8) is 0 Å². The van der Waals surface area contributed by atoms with Crippen molar-refractivity contribution in [3.8, 4) is 16.9 Å². The molecule has 2 aliphatic rings. The normalized spacial score (nSPS) is 21.0. The van der Waals surface area contributed by atoms with Crippen molar-refractivity contribution < 1.29 is 14.3 Å². The number of morpholine rings is 1. The average molecular weight is 500 g/mol. The number of carbonyl (C=O) groups excluding carboxylic acids is 1. The van der Waals surface area contributed by atoms with E-state index in [1.165, 1.54) is 6.20 Å². The van der Waals surface area contributed by atoms with Crippen LogP contribution in [0.15, 0.2) is 55.0 Å². The van der Waals surface area contributed by atoms with E-state index in [1.807, 2.05) is 36.0 Å². The maximum Gasteiger partial charge on any atom is 0.252 e. The number of piperidine rings is 1. The Morgan fingerprint density at radius 2 is 1.92 bits per heavy atom. The summed E-state index contributed by atoms with van der Waals surface area (Å²) in [4.78, 5) is 20.6. The maximum absolute atomic E-state index is 11.7. The number of pyridine rings is 3. The quantitative estimate of drug-likeness (QED) is 0.371. The van der Waals surface area contributed by atoms with Gasteiger partial charge in [0, 0.05) is 61.7 Å². The van der Waals surface area contributed by atoms with E-state index in [0.717, 1.165) is 54.1 Å². The van der Waals surface area contributed by atoms with Crippen LogP contribution < -0.4 is 20.7 Å². The molecule has 2 fully saturated rings. The molecule has 6 heterocycles. The zero-order valence-electron chi connectivity index (χ0n) is 20.8. The topological polar surface area (TPSA) is 115 Å². The fourth-order valence-corrected chi connectivity index (χ4v) is 5.03. The SMILES string of the molecule is CNC(=O)c1ccc(Nc2cc3cc(-c4cc(C)ncc4OC4CC5COCC(C4)N5)ccn3n2)nc1. The number of ether oxygens (including phenoxy) is 2. The first-order chi connectivity index (χ1) is 18.0. The lowest BCUT2D eigenvalue weighted by Gasteiger charge is -2.40. The fraction of sp³-hybridized carbons (Fsp3) is 0.333. The van der Waals surface area contributed by atoms with Gasteiger partial charge < -0.3 is 25.4 Å². The molecule has 2 saturated heterocycles. The third kappa shape index (κ3) is 4.98. The van der Waals surface area contributed by atoms with E-state index in [2.05, 4.69) is 43.1 Å². The number of rotatable bonds is 6. The van der Waals surface area contributed by atoms with E-state index in [0.29, 0.717) is 29.3 Å². The monoisotopic (exact) mass is 499 g/mol. The number of carbonyl (C=O) groups is 1. The van der Waals surface area contributed by atoms with Crippen molar-refractivity contribution in [1.82, 2.24) is 30.2 Å². The van der Waals surface area contributed by atoms with Gasteiger partial charge in [-0.1, -0.05) is 0 Å². The van der Waals surface area contributed by atoms with E-state index < -0.39 is 0 Å². The van der Waals surface area contributed by atoms with Gasteiger partial charge in [0.1, 0.15) is 17.7 Å². The molecule has 190 valence electrons. The third-order valence-corrected chi connectivity index (χ3v) is 6.79. The number of hydrogen-bond donors (Lipinski definition) is 3. The number of aromatic nitrogens is 4. The molecule has 2 unspecified atom stereocenters. The van der Waals surface area contributed by atoms with Gasteiger partial charge in [0.15, 0.2) is 5.82 Å². The molecule has 4 aromatic rings. The van der Waals surface area contributed by atoms with Crippen LogP contribution in [0.1, 0.15) is 28.9 Å².